The van der Waals surface area contributed by atoms with Crippen LogP contribution < -0.4 is 16.2 Å². The maximum absolute atomic E-state index is 12.5. The molecule has 0 spiro atoms. The van der Waals surface area contributed by atoms with Crippen LogP contribution in [0.15, 0.2) is 6.07 Å². The average molecular weight is 318 g/mol. The smallest absolute Gasteiger partial charge is 0.270 e. The predicted octanol–water partition coefficient (Wildman–Crippen LogP) is 0.856. The van der Waals surface area contributed by atoms with Crippen LogP contribution in [0.2, 0.25) is 0 Å². The molecule has 0 radical (unpaired) electrons. The molecule has 22 heavy (non-hydrogen) atoms. The zero-order valence-corrected chi connectivity index (χ0v) is 13.5. The molecule has 7 nitrogen and oxygen atoms in total. The van der Waals surface area contributed by atoms with E-state index in [1.165, 1.54) is 0 Å². The van der Waals surface area contributed by atoms with E-state index in [9.17, 15) is 4.79 Å². The lowest BCUT2D eigenvalue weighted by molar-refractivity contribution is 0.0945. The van der Waals surface area contributed by atoms with Gasteiger partial charge in [-0.25, -0.2) is 4.98 Å². The lowest BCUT2D eigenvalue weighted by atomic mass is 10.1. The molecule has 0 aliphatic heterocycles. The number of carbonyl (C=O) groups is 1. The maximum Gasteiger partial charge on any atom is 0.270 e. The third-order valence-electron chi connectivity index (χ3n) is 3.54. The molecular formula is C14H18N6OS. The summed E-state index contributed by atoms with van der Waals surface area (Å²) < 4.78 is 1.68. The maximum atomic E-state index is 12.5. The van der Waals surface area contributed by atoms with Crippen molar-refractivity contribution in [1.29, 1.82) is 0 Å². The van der Waals surface area contributed by atoms with E-state index < -0.39 is 0 Å². The standard InChI is InChI=1S/C14H18N6OS/c1-7-6-10(11-8(2)19-20(3)12(11)15-7)13(21)17-18-14(22)16-9-4-5-9/h6,9H,4-5H2,1-3H3,(H,17,21)(H2,16,18,22). The van der Waals surface area contributed by atoms with Crippen LogP contribution in [0.4, 0.5) is 0 Å². The highest BCUT2D eigenvalue weighted by molar-refractivity contribution is 7.80. The number of hydrogen-bond acceptors (Lipinski definition) is 4. The molecule has 2 aromatic heterocycles. The summed E-state index contributed by atoms with van der Waals surface area (Å²) >= 11 is 5.12. The molecule has 2 heterocycles. The minimum absolute atomic E-state index is 0.258. The van der Waals surface area contributed by atoms with Crippen molar-refractivity contribution >= 4 is 34.3 Å². The molecule has 1 aliphatic carbocycles. The summed E-state index contributed by atoms with van der Waals surface area (Å²) in [4.78, 5) is 16.9. The van der Waals surface area contributed by atoms with Gasteiger partial charge >= 0.3 is 0 Å². The van der Waals surface area contributed by atoms with Gasteiger partial charge in [0.15, 0.2) is 10.8 Å². The molecule has 3 rings (SSSR count). The van der Waals surface area contributed by atoms with Gasteiger partial charge in [-0.05, 0) is 45.0 Å². The zero-order valence-electron chi connectivity index (χ0n) is 12.7. The second-order valence-electron chi connectivity index (χ2n) is 5.55. The molecule has 3 N–H and O–H groups in total. The van der Waals surface area contributed by atoms with Crippen LogP contribution in [0.5, 0.6) is 0 Å². The monoisotopic (exact) mass is 318 g/mol. The van der Waals surface area contributed by atoms with Gasteiger partial charge in [0, 0.05) is 18.8 Å². The van der Waals surface area contributed by atoms with Gasteiger partial charge in [-0.15, -0.1) is 0 Å². The van der Waals surface area contributed by atoms with E-state index in [1.54, 1.807) is 10.7 Å². The molecule has 0 aromatic carbocycles. The third-order valence-corrected chi connectivity index (χ3v) is 3.76. The number of fused-ring (bicyclic) bond motifs is 1. The van der Waals surface area contributed by atoms with Crippen LogP contribution in [0.1, 0.15) is 34.6 Å². The Labute approximate surface area is 133 Å². The van der Waals surface area contributed by atoms with Crippen LogP contribution in [0.25, 0.3) is 11.0 Å². The Morgan fingerprint density at radius 1 is 1.36 bits per heavy atom. The number of thiocarbonyl (C=S) groups is 1. The van der Waals surface area contributed by atoms with Crippen molar-refractivity contribution in [3.8, 4) is 0 Å². The van der Waals surface area contributed by atoms with Crippen molar-refractivity contribution in [3.05, 3.63) is 23.0 Å². The van der Waals surface area contributed by atoms with E-state index >= 15 is 0 Å². The fourth-order valence-electron chi connectivity index (χ4n) is 2.38. The van der Waals surface area contributed by atoms with Gasteiger partial charge < -0.3 is 5.32 Å². The quantitative estimate of drug-likeness (QED) is 0.562. The molecule has 0 bridgehead atoms. The fourth-order valence-corrected chi connectivity index (χ4v) is 2.60. The van der Waals surface area contributed by atoms with E-state index in [0.29, 0.717) is 22.4 Å². The predicted molar refractivity (Wildman–Crippen MR) is 87.3 cm³/mol. The van der Waals surface area contributed by atoms with Crippen LogP contribution >= 0.6 is 12.2 Å². The van der Waals surface area contributed by atoms with Crippen molar-refractivity contribution in [3.63, 3.8) is 0 Å². The number of aryl methyl sites for hydroxylation is 3. The molecular weight excluding hydrogens is 300 g/mol. The second-order valence-corrected chi connectivity index (χ2v) is 5.95. The fraction of sp³-hybridized carbons (Fsp3) is 0.429. The number of amides is 1. The Balaban J connectivity index is 1.82. The number of nitrogens with zero attached hydrogens (tertiary/aromatic N) is 3. The minimum Gasteiger partial charge on any atom is -0.359 e. The summed E-state index contributed by atoms with van der Waals surface area (Å²) in [5.41, 5.74) is 8.13. The first-order chi connectivity index (χ1) is 10.5. The Bertz CT molecular complexity index is 764. The number of aromatic nitrogens is 3. The number of rotatable bonds is 2. The van der Waals surface area contributed by atoms with E-state index in [0.717, 1.165) is 29.6 Å². The minimum atomic E-state index is -0.258. The highest BCUT2D eigenvalue weighted by Crippen LogP contribution is 2.21. The highest BCUT2D eigenvalue weighted by atomic mass is 32.1. The number of nitrogens with one attached hydrogen (secondary N) is 3. The lowest BCUT2D eigenvalue weighted by Gasteiger charge is -2.11. The Hall–Kier alpha value is -2.22. The lowest BCUT2D eigenvalue weighted by Crippen LogP contribution is -2.47. The van der Waals surface area contributed by atoms with Crippen LogP contribution in [-0.2, 0) is 7.05 Å². The van der Waals surface area contributed by atoms with E-state index in [2.05, 4.69) is 26.3 Å². The number of pyridine rings is 1. The number of carbonyl (C=O) groups excluding carboxylic acids is 1. The van der Waals surface area contributed by atoms with Gasteiger partial charge in [0.05, 0.1) is 16.6 Å². The average Bonchev–Trinajstić information content (AvgIpc) is 3.22. The molecule has 1 amide bonds. The van der Waals surface area contributed by atoms with Gasteiger partial charge in [0.1, 0.15) is 0 Å². The molecule has 1 saturated carbocycles. The van der Waals surface area contributed by atoms with E-state index in [4.69, 9.17) is 12.2 Å². The van der Waals surface area contributed by atoms with Crippen LogP contribution in [0.3, 0.4) is 0 Å². The van der Waals surface area contributed by atoms with Crippen LogP contribution in [0, 0.1) is 13.8 Å². The summed E-state index contributed by atoms with van der Waals surface area (Å²) in [6, 6.07) is 2.19. The van der Waals surface area contributed by atoms with Crippen LogP contribution in [-0.4, -0.2) is 31.8 Å². The van der Waals surface area contributed by atoms with Crippen molar-refractivity contribution < 1.29 is 4.79 Å². The normalized spacial score (nSPS) is 14.0. The molecule has 1 aliphatic rings. The first kappa shape index (κ1) is 14.7. The Morgan fingerprint density at radius 2 is 2.09 bits per heavy atom. The molecule has 0 unspecified atom stereocenters. The van der Waals surface area contributed by atoms with E-state index in [-0.39, 0.29) is 5.91 Å². The van der Waals surface area contributed by atoms with Crippen molar-refractivity contribution in [2.45, 2.75) is 32.7 Å². The Morgan fingerprint density at radius 3 is 2.77 bits per heavy atom. The topological polar surface area (TPSA) is 83.9 Å². The number of hydrogen-bond donors (Lipinski definition) is 3. The van der Waals surface area contributed by atoms with Gasteiger partial charge in [-0.1, -0.05) is 0 Å². The second kappa shape index (κ2) is 5.53. The first-order valence-electron chi connectivity index (χ1n) is 7.13. The summed E-state index contributed by atoms with van der Waals surface area (Å²) in [5.74, 6) is -0.258. The van der Waals surface area contributed by atoms with Crippen molar-refractivity contribution in [1.82, 2.24) is 30.9 Å². The highest BCUT2D eigenvalue weighted by Gasteiger charge is 2.22. The molecule has 8 heteroatoms. The molecule has 116 valence electrons. The Kier molecular flexibility index (Phi) is 3.69. The van der Waals surface area contributed by atoms with Crippen molar-refractivity contribution in [2.24, 2.45) is 7.05 Å². The molecule has 2 aromatic rings. The zero-order chi connectivity index (χ0) is 15.9. The summed E-state index contributed by atoms with van der Waals surface area (Å²) in [6.07, 6.45) is 2.24. The summed E-state index contributed by atoms with van der Waals surface area (Å²) in [5, 5.41) is 8.62. The van der Waals surface area contributed by atoms with Gasteiger partial charge in [0.2, 0.25) is 0 Å². The molecule has 0 saturated heterocycles. The SMILES string of the molecule is Cc1cc(C(=O)NNC(=S)NC2CC2)c2c(C)nn(C)c2n1. The number of hydrazine groups is 1. The molecule has 1 fully saturated rings. The third kappa shape index (κ3) is 2.87. The van der Waals surface area contributed by atoms with Gasteiger partial charge in [0.25, 0.3) is 5.91 Å². The summed E-state index contributed by atoms with van der Waals surface area (Å²) in [6.45, 7) is 3.72. The van der Waals surface area contributed by atoms with E-state index in [1.807, 2.05) is 20.9 Å². The van der Waals surface area contributed by atoms with Gasteiger partial charge in [-0.3, -0.25) is 20.3 Å². The van der Waals surface area contributed by atoms with Crippen molar-refractivity contribution in [2.75, 3.05) is 0 Å². The first-order valence-corrected chi connectivity index (χ1v) is 7.54. The largest absolute Gasteiger partial charge is 0.359 e. The summed E-state index contributed by atoms with van der Waals surface area (Å²) in [7, 11) is 1.82. The molecule has 0 atom stereocenters. The van der Waals surface area contributed by atoms with Gasteiger partial charge in [-0.2, -0.15) is 5.10 Å².